The van der Waals surface area contributed by atoms with E-state index in [1.165, 1.54) is 17.0 Å². The normalized spacial score (nSPS) is 18.6. The van der Waals surface area contributed by atoms with E-state index in [0.717, 1.165) is 10.6 Å². The van der Waals surface area contributed by atoms with E-state index >= 15 is 0 Å². The zero-order valence-corrected chi connectivity index (χ0v) is 17.8. The van der Waals surface area contributed by atoms with Crippen LogP contribution in [0.4, 0.5) is 5.69 Å². The Labute approximate surface area is 166 Å². The lowest BCUT2D eigenvalue weighted by Gasteiger charge is -2.32. The molecule has 0 spiro atoms. The summed E-state index contributed by atoms with van der Waals surface area (Å²) in [5, 5.41) is 9.06. The first-order valence-corrected chi connectivity index (χ1v) is 12.6. The Morgan fingerprint density at radius 2 is 2.04 bits per heavy atom. The molecule has 1 heterocycles. The molecule has 1 amide bonds. The molecule has 0 N–H and O–H groups in total. The standard InChI is InChI=1S/C18H25N3O5S2/c1-14(2)11-20(17-7-8-28(25,26)13-17)18(22)12-21(27(3,23)24)16-6-4-5-15(9-16)10-19/h4-6,9,14,17H,7-8,11-13H2,1-3H3. The molecule has 1 atom stereocenters. The summed E-state index contributed by atoms with van der Waals surface area (Å²) in [5.74, 6) is -0.433. The molecule has 8 nitrogen and oxygen atoms in total. The third-order valence-corrected chi connectivity index (χ3v) is 7.36. The first-order chi connectivity index (χ1) is 12.9. The van der Waals surface area contributed by atoms with Crippen molar-refractivity contribution < 1.29 is 21.6 Å². The first-order valence-electron chi connectivity index (χ1n) is 8.90. The van der Waals surface area contributed by atoms with Crippen molar-refractivity contribution in [3.63, 3.8) is 0 Å². The van der Waals surface area contributed by atoms with Gasteiger partial charge in [0, 0.05) is 12.6 Å². The van der Waals surface area contributed by atoms with Gasteiger partial charge in [0.1, 0.15) is 6.54 Å². The number of nitriles is 1. The first kappa shape index (κ1) is 22.2. The molecule has 1 aromatic carbocycles. The maximum absolute atomic E-state index is 13.0. The molecule has 1 aromatic rings. The topological polar surface area (TPSA) is 116 Å². The van der Waals surface area contributed by atoms with Crippen molar-refractivity contribution in [2.24, 2.45) is 5.92 Å². The van der Waals surface area contributed by atoms with E-state index < -0.39 is 38.4 Å². The van der Waals surface area contributed by atoms with Crippen molar-refractivity contribution >= 4 is 31.5 Å². The molecular weight excluding hydrogens is 402 g/mol. The van der Waals surface area contributed by atoms with Crippen LogP contribution < -0.4 is 4.31 Å². The van der Waals surface area contributed by atoms with Crippen LogP contribution in [-0.2, 0) is 24.7 Å². The summed E-state index contributed by atoms with van der Waals surface area (Å²) < 4.78 is 49.3. The van der Waals surface area contributed by atoms with E-state index in [1.807, 2.05) is 19.9 Å². The molecule has 0 saturated carbocycles. The highest BCUT2D eigenvalue weighted by Crippen LogP contribution is 2.22. The third kappa shape index (κ3) is 5.69. The van der Waals surface area contributed by atoms with Crippen molar-refractivity contribution in [2.75, 3.05) is 35.2 Å². The number of hydrogen-bond acceptors (Lipinski definition) is 6. The lowest BCUT2D eigenvalue weighted by Crippen LogP contribution is -2.48. The monoisotopic (exact) mass is 427 g/mol. The van der Waals surface area contributed by atoms with Crippen LogP contribution in [0.15, 0.2) is 24.3 Å². The third-order valence-electron chi connectivity index (χ3n) is 4.47. The Morgan fingerprint density at radius 1 is 1.36 bits per heavy atom. The number of nitrogens with zero attached hydrogens (tertiary/aromatic N) is 3. The predicted octanol–water partition coefficient (Wildman–Crippen LogP) is 0.996. The Kier molecular flexibility index (Phi) is 6.72. The van der Waals surface area contributed by atoms with Crippen LogP contribution in [0, 0.1) is 17.2 Å². The highest BCUT2D eigenvalue weighted by Gasteiger charge is 2.36. The number of rotatable bonds is 7. The molecular formula is C18H25N3O5S2. The van der Waals surface area contributed by atoms with Crippen LogP contribution in [-0.4, -0.2) is 64.5 Å². The number of hydrogen-bond donors (Lipinski definition) is 0. The summed E-state index contributed by atoms with van der Waals surface area (Å²) in [6.07, 6.45) is 1.34. The molecule has 1 unspecified atom stereocenters. The molecule has 154 valence electrons. The molecule has 1 fully saturated rings. The molecule has 0 radical (unpaired) electrons. The van der Waals surface area contributed by atoms with Gasteiger partial charge >= 0.3 is 0 Å². The zero-order valence-electron chi connectivity index (χ0n) is 16.2. The van der Waals surface area contributed by atoms with Crippen LogP contribution in [0.3, 0.4) is 0 Å². The fraction of sp³-hybridized carbons (Fsp3) is 0.556. The van der Waals surface area contributed by atoms with Gasteiger partial charge in [0.15, 0.2) is 9.84 Å². The van der Waals surface area contributed by atoms with Crippen LogP contribution in [0.1, 0.15) is 25.8 Å². The number of amides is 1. The number of benzene rings is 1. The molecule has 28 heavy (non-hydrogen) atoms. The smallest absolute Gasteiger partial charge is 0.243 e. The van der Waals surface area contributed by atoms with Gasteiger partial charge in [-0.05, 0) is 30.5 Å². The minimum Gasteiger partial charge on any atom is -0.337 e. The van der Waals surface area contributed by atoms with Crippen LogP contribution >= 0.6 is 0 Å². The predicted molar refractivity (Wildman–Crippen MR) is 107 cm³/mol. The SMILES string of the molecule is CC(C)CN(C(=O)CN(c1cccc(C#N)c1)S(C)(=O)=O)C1CCS(=O)(=O)C1. The fourth-order valence-electron chi connectivity index (χ4n) is 3.21. The lowest BCUT2D eigenvalue weighted by atomic mass is 10.1. The summed E-state index contributed by atoms with van der Waals surface area (Å²) in [6.45, 7) is 3.72. The summed E-state index contributed by atoms with van der Waals surface area (Å²) >= 11 is 0. The van der Waals surface area contributed by atoms with Gasteiger partial charge in [0.2, 0.25) is 15.9 Å². The average Bonchev–Trinajstić information content (AvgIpc) is 2.95. The molecule has 2 rings (SSSR count). The summed E-state index contributed by atoms with van der Waals surface area (Å²) in [6, 6.07) is 7.50. The summed E-state index contributed by atoms with van der Waals surface area (Å²) in [7, 11) is -6.98. The van der Waals surface area contributed by atoms with E-state index in [-0.39, 0.29) is 28.7 Å². The lowest BCUT2D eigenvalue weighted by molar-refractivity contribution is -0.132. The van der Waals surface area contributed by atoms with Crippen LogP contribution in [0.25, 0.3) is 0 Å². The Bertz CT molecular complexity index is 981. The van der Waals surface area contributed by atoms with Crippen molar-refractivity contribution in [3.05, 3.63) is 29.8 Å². The van der Waals surface area contributed by atoms with Crippen LogP contribution in [0.2, 0.25) is 0 Å². The van der Waals surface area contributed by atoms with E-state index in [2.05, 4.69) is 0 Å². The fourth-order valence-corrected chi connectivity index (χ4v) is 5.79. The van der Waals surface area contributed by atoms with Crippen molar-refractivity contribution in [3.8, 4) is 6.07 Å². The Morgan fingerprint density at radius 3 is 2.54 bits per heavy atom. The van der Waals surface area contributed by atoms with Crippen LogP contribution in [0.5, 0.6) is 0 Å². The Balaban J connectivity index is 2.32. The summed E-state index contributed by atoms with van der Waals surface area (Å²) in [5.41, 5.74) is 0.498. The largest absolute Gasteiger partial charge is 0.337 e. The van der Waals surface area contributed by atoms with E-state index in [9.17, 15) is 21.6 Å². The van der Waals surface area contributed by atoms with Gasteiger partial charge in [-0.25, -0.2) is 16.8 Å². The van der Waals surface area contributed by atoms with Gasteiger partial charge in [-0.2, -0.15) is 5.26 Å². The van der Waals surface area contributed by atoms with Crippen molar-refractivity contribution in [1.29, 1.82) is 5.26 Å². The van der Waals surface area contributed by atoms with Gasteiger partial charge < -0.3 is 4.90 Å². The minimum atomic E-state index is -3.79. The summed E-state index contributed by atoms with van der Waals surface area (Å²) in [4.78, 5) is 14.5. The number of sulfonamides is 1. The average molecular weight is 428 g/mol. The number of sulfone groups is 1. The number of anilines is 1. The van der Waals surface area contributed by atoms with E-state index in [4.69, 9.17) is 5.26 Å². The minimum absolute atomic E-state index is 0.0273. The molecule has 10 heteroatoms. The molecule has 0 aliphatic carbocycles. The molecule has 1 saturated heterocycles. The molecule has 0 bridgehead atoms. The van der Waals surface area contributed by atoms with Gasteiger partial charge in [0.05, 0.1) is 35.1 Å². The van der Waals surface area contributed by atoms with Gasteiger partial charge in [-0.1, -0.05) is 19.9 Å². The number of carbonyl (C=O) groups is 1. The van der Waals surface area contributed by atoms with E-state index in [1.54, 1.807) is 12.1 Å². The Hall–Kier alpha value is -2.12. The van der Waals surface area contributed by atoms with Crippen molar-refractivity contribution in [1.82, 2.24) is 4.90 Å². The van der Waals surface area contributed by atoms with E-state index in [0.29, 0.717) is 13.0 Å². The molecule has 1 aliphatic heterocycles. The quantitative estimate of drug-likeness (QED) is 0.641. The van der Waals surface area contributed by atoms with Gasteiger partial charge in [0.25, 0.3) is 0 Å². The second-order valence-electron chi connectivity index (χ2n) is 7.43. The maximum atomic E-state index is 13.0. The van der Waals surface area contributed by atoms with Gasteiger partial charge in [-0.15, -0.1) is 0 Å². The highest BCUT2D eigenvalue weighted by atomic mass is 32.2. The molecule has 0 aromatic heterocycles. The maximum Gasteiger partial charge on any atom is 0.243 e. The second kappa shape index (κ2) is 8.49. The number of carbonyl (C=O) groups excluding carboxylic acids is 1. The van der Waals surface area contributed by atoms with Crippen molar-refractivity contribution in [2.45, 2.75) is 26.3 Å². The second-order valence-corrected chi connectivity index (χ2v) is 11.6. The van der Waals surface area contributed by atoms with Gasteiger partial charge in [-0.3, -0.25) is 9.10 Å². The zero-order chi connectivity index (χ0) is 21.1. The highest BCUT2D eigenvalue weighted by molar-refractivity contribution is 7.92. The molecule has 1 aliphatic rings.